The van der Waals surface area contributed by atoms with Gasteiger partial charge in [-0.2, -0.15) is 5.10 Å². The molecule has 4 heteroatoms. The van der Waals surface area contributed by atoms with Crippen molar-refractivity contribution in [2.45, 2.75) is 17.7 Å². The zero-order valence-electron chi connectivity index (χ0n) is 10.6. The zero-order valence-corrected chi connectivity index (χ0v) is 11.5. The summed E-state index contributed by atoms with van der Waals surface area (Å²) in [5.41, 5.74) is 4.56. The first-order valence-electron chi connectivity index (χ1n) is 6.16. The number of nitrogens with zero attached hydrogens (tertiary/aromatic N) is 1. The monoisotopic (exact) mass is 272 g/mol. The number of carbonyl (C=O) groups excluding carboxylic acids is 1. The minimum absolute atomic E-state index is 0.0147. The molecule has 0 radical (unpaired) electrons. The molecule has 1 aromatic carbocycles. The number of thioether (sulfide) groups is 1. The molecule has 0 atom stereocenters. The van der Waals surface area contributed by atoms with Crippen molar-refractivity contribution in [2.24, 2.45) is 5.10 Å². The third-order valence-electron chi connectivity index (χ3n) is 2.66. The van der Waals surface area contributed by atoms with Crippen molar-refractivity contribution >= 4 is 29.5 Å². The number of amides is 1. The topological polar surface area (TPSA) is 41.5 Å². The lowest BCUT2D eigenvalue weighted by molar-refractivity contribution is -0.121. The molecule has 0 aliphatic carbocycles. The van der Waals surface area contributed by atoms with Crippen LogP contribution in [0.15, 0.2) is 53.0 Å². The number of hydrogen-bond donors (Lipinski definition) is 1. The Balaban J connectivity index is 2.09. The number of rotatable bonds is 5. The summed E-state index contributed by atoms with van der Waals surface area (Å²) < 4.78 is 0. The van der Waals surface area contributed by atoms with Crippen LogP contribution in [0.5, 0.6) is 0 Å². The fourth-order valence-corrected chi connectivity index (χ4v) is 2.47. The van der Waals surface area contributed by atoms with Crippen LogP contribution in [-0.2, 0) is 4.79 Å². The summed E-state index contributed by atoms with van der Waals surface area (Å²) >= 11 is 1.76. The predicted molar refractivity (Wildman–Crippen MR) is 81.2 cm³/mol. The van der Waals surface area contributed by atoms with Gasteiger partial charge in [0.25, 0.3) is 0 Å². The maximum atomic E-state index is 11.0. The molecule has 2 rings (SSSR count). The van der Waals surface area contributed by atoms with Crippen LogP contribution in [-0.4, -0.2) is 17.4 Å². The summed E-state index contributed by atoms with van der Waals surface area (Å²) in [5.74, 6) is 0.876. The van der Waals surface area contributed by atoms with E-state index in [0.717, 1.165) is 17.0 Å². The zero-order chi connectivity index (χ0) is 13.5. The maximum absolute atomic E-state index is 11.0. The van der Waals surface area contributed by atoms with Gasteiger partial charge in [-0.1, -0.05) is 30.4 Å². The van der Waals surface area contributed by atoms with E-state index in [1.54, 1.807) is 11.8 Å². The van der Waals surface area contributed by atoms with Crippen molar-refractivity contribution in [3.63, 3.8) is 0 Å². The number of carbonyl (C=O) groups is 1. The quantitative estimate of drug-likeness (QED) is 0.660. The van der Waals surface area contributed by atoms with E-state index in [1.165, 1.54) is 4.90 Å². The van der Waals surface area contributed by atoms with E-state index in [1.807, 2.05) is 30.4 Å². The average molecular weight is 272 g/mol. The number of hydrogen-bond acceptors (Lipinski definition) is 3. The molecule has 19 heavy (non-hydrogen) atoms. The fraction of sp³-hybridized carbons (Fsp3) is 0.200. The number of allylic oxidation sites excluding steroid dienone is 1. The lowest BCUT2D eigenvalue weighted by atomic mass is 10.1. The summed E-state index contributed by atoms with van der Waals surface area (Å²) in [4.78, 5) is 12.2. The Morgan fingerprint density at radius 1 is 1.32 bits per heavy atom. The van der Waals surface area contributed by atoms with E-state index < -0.39 is 0 Å². The van der Waals surface area contributed by atoms with Gasteiger partial charge in [0.2, 0.25) is 5.91 Å². The fourth-order valence-electron chi connectivity index (χ4n) is 1.69. The Hall–Kier alpha value is -1.81. The SMILES string of the molecule is C=CCSc1ccccc1C=CC1=NNC(=O)CC1. The Labute approximate surface area is 117 Å². The third-order valence-corrected chi connectivity index (χ3v) is 3.75. The Morgan fingerprint density at radius 2 is 2.16 bits per heavy atom. The first kappa shape index (κ1) is 13.6. The van der Waals surface area contributed by atoms with E-state index in [2.05, 4.69) is 29.2 Å². The van der Waals surface area contributed by atoms with Crippen LogP contribution in [0.1, 0.15) is 18.4 Å². The van der Waals surface area contributed by atoms with Gasteiger partial charge in [0, 0.05) is 23.5 Å². The van der Waals surface area contributed by atoms with Gasteiger partial charge in [-0.15, -0.1) is 18.3 Å². The third kappa shape index (κ3) is 4.10. The molecule has 0 bridgehead atoms. The number of benzene rings is 1. The molecule has 98 valence electrons. The van der Waals surface area contributed by atoms with E-state index in [9.17, 15) is 4.79 Å². The molecule has 1 amide bonds. The highest BCUT2D eigenvalue weighted by molar-refractivity contribution is 7.99. The van der Waals surface area contributed by atoms with Crippen molar-refractivity contribution in [1.82, 2.24) is 5.43 Å². The van der Waals surface area contributed by atoms with Gasteiger partial charge < -0.3 is 0 Å². The van der Waals surface area contributed by atoms with E-state index >= 15 is 0 Å². The highest BCUT2D eigenvalue weighted by atomic mass is 32.2. The summed E-state index contributed by atoms with van der Waals surface area (Å²) in [6, 6.07) is 8.21. The van der Waals surface area contributed by atoms with E-state index in [-0.39, 0.29) is 5.91 Å². The Morgan fingerprint density at radius 3 is 2.89 bits per heavy atom. The van der Waals surface area contributed by atoms with Crippen LogP contribution in [0.4, 0.5) is 0 Å². The highest BCUT2D eigenvalue weighted by Crippen LogP contribution is 2.23. The molecule has 3 nitrogen and oxygen atoms in total. The molecular formula is C15H16N2OS. The van der Waals surface area contributed by atoms with E-state index in [4.69, 9.17) is 0 Å². The summed E-state index contributed by atoms with van der Waals surface area (Å²) in [5, 5.41) is 4.02. The average Bonchev–Trinajstić information content (AvgIpc) is 2.45. The summed E-state index contributed by atoms with van der Waals surface area (Å²) in [6.07, 6.45) is 7.11. The molecule has 1 heterocycles. The molecule has 1 aliphatic rings. The standard InChI is InChI=1S/C15H16N2OS/c1-2-11-19-14-6-4-3-5-12(14)7-8-13-9-10-15(18)17-16-13/h2-8H,1,9-11H2,(H,17,18). The molecule has 0 aromatic heterocycles. The lowest BCUT2D eigenvalue weighted by Gasteiger charge is -2.08. The molecule has 0 unspecified atom stereocenters. The number of hydrazone groups is 1. The number of nitrogens with one attached hydrogen (secondary N) is 1. The van der Waals surface area contributed by atoms with Crippen LogP contribution < -0.4 is 5.43 Å². The van der Waals surface area contributed by atoms with Crippen molar-refractivity contribution in [3.8, 4) is 0 Å². The molecule has 0 saturated carbocycles. The maximum Gasteiger partial charge on any atom is 0.240 e. The van der Waals surface area contributed by atoms with Crippen LogP contribution in [0, 0.1) is 0 Å². The lowest BCUT2D eigenvalue weighted by Crippen LogP contribution is -2.24. The first-order chi connectivity index (χ1) is 9.29. The van der Waals surface area contributed by atoms with Gasteiger partial charge in [0.15, 0.2) is 0 Å². The summed E-state index contributed by atoms with van der Waals surface area (Å²) in [7, 11) is 0. The predicted octanol–water partition coefficient (Wildman–Crippen LogP) is 3.24. The van der Waals surface area contributed by atoms with Crippen molar-refractivity contribution < 1.29 is 4.79 Å². The normalized spacial score (nSPS) is 15.2. The Kier molecular flexibility index (Phi) is 4.98. The second-order valence-electron chi connectivity index (χ2n) is 4.11. The molecule has 1 aliphatic heterocycles. The van der Waals surface area contributed by atoms with Crippen LogP contribution in [0.25, 0.3) is 6.08 Å². The minimum Gasteiger partial charge on any atom is -0.273 e. The van der Waals surface area contributed by atoms with Gasteiger partial charge >= 0.3 is 0 Å². The highest BCUT2D eigenvalue weighted by Gasteiger charge is 2.08. The molecular weight excluding hydrogens is 256 g/mol. The van der Waals surface area contributed by atoms with Gasteiger partial charge in [0.05, 0.1) is 5.71 Å². The van der Waals surface area contributed by atoms with Gasteiger partial charge in [-0.05, 0) is 17.7 Å². The van der Waals surface area contributed by atoms with Crippen LogP contribution >= 0.6 is 11.8 Å². The second-order valence-corrected chi connectivity index (χ2v) is 5.17. The second kappa shape index (κ2) is 6.95. The smallest absolute Gasteiger partial charge is 0.240 e. The van der Waals surface area contributed by atoms with Gasteiger partial charge in [-0.3, -0.25) is 4.79 Å². The van der Waals surface area contributed by atoms with E-state index in [0.29, 0.717) is 12.8 Å². The summed E-state index contributed by atoms with van der Waals surface area (Å²) in [6.45, 7) is 3.73. The molecule has 1 aromatic rings. The molecule has 0 spiro atoms. The van der Waals surface area contributed by atoms with Crippen molar-refractivity contribution in [2.75, 3.05) is 5.75 Å². The van der Waals surface area contributed by atoms with Crippen molar-refractivity contribution in [1.29, 1.82) is 0 Å². The van der Waals surface area contributed by atoms with Gasteiger partial charge in [-0.25, -0.2) is 5.43 Å². The first-order valence-corrected chi connectivity index (χ1v) is 7.14. The van der Waals surface area contributed by atoms with Crippen LogP contribution in [0.2, 0.25) is 0 Å². The minimum atomic E-state index is -0.0147. The van der Waals surface area contributed by atoms with Crippen molar-refractivity contribution in [3.05, 3.63) is 48.6 Å². The molecule has 0 fully saturated rings. The van der Waals surface area contributed by atoms with Gasteiger partial charge in [0.1, 0.15) is 0 Å². The van der Waals surface area contributed by atoms with Crippen LogP contribution in [0.3, 0.4) is 0 Å². The largest absolute Gasteiger partial charge is 0.273 e. The molecule has 0 saturated heterocycles. The Bertz CT molecular complexity index is 535. The molecule has 1 N–H and O–H groups in total.